The van der Waals surface area contributed by atoms with Gasteiger partial charge in [0.1, 0.15) is 5.25 Å². The van der Waals surface area contributed by atoms with Crippen molar-refractivity contribution in [3.05, 3.63) is 75.1 Å². The molecule has 0 aliphatic rings. The van der Waals surface area contributed by atoms with Crippen molar-refractivity contribution >= 4 is 32.5 Å². The van der Waals surface area contributed by atoms with Crippen LogP contribution in [0.2, 0.25) is 0 Å². The fourth-order valence-electron chi connectivity index (χ4n) is 2.15. The second kappa shape index (κ2) is 5.52. The summed E-state index contributed by atoms with van der Waals surface area (Å²) in [5.74, 6) is 0. The highest BCUT2D eigenvalue weighted by molar-refractivity contribution is 7.92. The molecule has 0 radical (unpaired) electrons. The molecular weight excluding hydrogens is 308 g/mol. The highest BCUT2D eigenvalue weighted by Crippen LogP contribution is 2.36. The smallest absolute Gasteiger partial charge is 0.189 e. The van der Waals surface area contributed by atoms with Crippen LogP contribution < -0.4 is 0 Å². The zero-order valence-electron chi connectivity index (χ0n) is 10.5. The summed E-state index contributed by atoms with van der Waals surface area (Å²) in [6.45, 7) is 0. The molecule has 3 rings (SSSR count). The molecule has 3 aromatic rings. The molecule has 0 N–H and O–H groups in total. The van der Waals surface area contributed by atoms with E-state index < -0.39 is 15.1 Å². The van der Waals surface area contributed by atoms with Gasteiger partial charge in [-0.15, -0.1) is 0 Å². The second-order valence-corrected chi connectivity index (χ2v) is 7.94. The molecular formula is C15H12O2S3. The van der Waals surface area contributed by atoms with Crippen molar-refractivity contribution in [1.29, 1.82) is 0 Å². The lowest BCUT2D eigenvalue weighted by molar-refractivity contribution is 0.589. The third-order valence-corrected chi connectivity index (χ3v) is 6.57. The Balaban J connectivity index is 2.16. The maximum Gasteiger partial charge on any atom is 0.189 e. The largest absolute Gasteiger partial charge is 0.223 e. The van der Waals surface area contributed by atoms with Gasteiger partial charge in [0, 0.05) is 0 Å². The first-order chi connectivity index (χ1) is 9.69. The van der Waals surface area contributed by atoms with Gasteiger partial charge >= 0.3 is 0 Å². The Bertz CT molecular complexity index is 724. The average molecular weight is 320 g/mol. The Labute approximate surface area is 126 Å². The van der Waals surface area contributed by atoms with Crippen LogP contribution in [0.3, 0.4) is 0 Å². The Hall–Kier alpha value is -1.43. The number of thiophene rings is 2. The van der Waals surface area contributed by atoms with Crippen molar-refractivity contribution in [2.24, 2.45) is 0 Å². The van der Waals surface area contributed by atoms with E-state index in [4.69, 9.17) is 0 Å². The third-order valence-electron chi connectivity index (χ3n) is 3.07. The third kappa shape index (κ3) is 2.44. The Morgan fingerprint density at radius 1 is 0.800 bits per heavy atom. The van der Waals surface area contributed by atoms with Crippen molar-refractivity contribution in [2.45, 2.75) is 10.1 Å². The lowest BCUT2D eigenvalue weighted by Gasteiger charge is -2.16. The SMILES string of the molecule is O=S(=O)(c1ccccc1)C(c1ccsc1)c1ccsc1. The lowest BCUT2D eigenvalue weighted by atomic mass is 10.1. The predicted molar refractivity (Wildman–Crippen MR) is 84.1 cm³/mol. The van der Waals surface area contributed by atoms with Gasteiger partial charge in [0.2, 0.25) is 0 Å². The van der Waals surface area contributed by atoms with Crippen molar-refractivity contribution in [3.63, 3.8) is 0 Å². The van der Waals surface area contributed by atoms with Crippen molar-refractivity contribution < 1.29 is 8.42 Å². The summed E-state index contributed by atoms with van der Waals surface area (Å²) in [5.41, 5.74) is 1.66. The minimum Gasteiger partial charge on any atom is -0.223 e. The molecule has 5 heteroatoms. The molecule has 2 aromatic heterocycles. The fraction of sp³-hybridized carbons (Fsp3) is 0.0667. The first kappa shape index (κ1) is 13.5. The van der Waals surface area contributed by atoms with Gasteiger partial charge in [-0.05, 0) is 56.9 Å². The van der Waals surface area contributed by atoms with Crippen LogP contribution >= 0.6 is 22.7 Å². The zero-order chi connectivity index (χ0) is 14.0. The van der Waals surface area contributed by atoms with Crippen molar-refractivity contribution in [2.75, 3.05) is 0 Å². The molecule has 2 nitrogen and oxygen atoms in total. The number of sulfone groups is 1. The van der Waals surface area contributed by atoms with Crippen molar-refractivity contribution in [3.8, 4) is 0 Å². The molecule has 0 saturated heterocycles. The van der Waals surface area contributed by atoms with E-state index >= 15 is 0 Å². The maximum atomic E-state index is 12.9. The Morgan fingerprint density at radius 2 is 1.35 bits per heavy atom. The number of hydrogen-bond acceptors (Lipinski definition) is 4. The summed E-state index contributed by atoms with van der Waals surface area (Å²) in [7, 11) is -3.43. The fourth-order valence-corrected chi connectivity index (χ4v) is 5.51. The van der Waals surface area contributed by atoms with Gasteiger partial charge in [-0.2, -0.15) is 22.7 Å². The number of rotatable bonds is 4. The van der Waals surface area contributed by atoms with Crippen LogP contribution in [-0.2, 0) is 9.84 Å². The van der Waals surface area contributed by atoms with Crippen molar-refractivity contribution in [1.82, 2.24) is 0 Å². The minimum atomic E-state index is -3.43. The molecule has 0 unspecified atom stereocenters. The summed E-state index contributed by atoms with van der Waals surface area (Å²) in [6.07, 6.45) is 0. The highest BCUT2D eigenvalue weighted by Gasteiger charge is 2.31. The Morgan fingerprint density at radius 3 is 1.80 bits per heavy atom. The molecule has 0 spiro atoms. The van der Waals surface area contributed by atoms with E-state index in [1.165, 1.54) is 22.7 Å². The normalized spacial score (nSPS) is 11.8. The van der Waals surface area contributed by atoms with Gasteiger partial charge in [-0.3, -0.25) is 0 Å². The molecule has 0 fully saturated rings. The summed E-state index contributed by atoms with van der Waals surface area (Å²) < 4.78 is 25.9. The van der Waals surface area contributed by atoms with E-state index in [1.54, 1.807) is 24.3 Å². The summed E-state index contributed by atoms with van der Waals surface area (Å²) in [6, 6.07) is 12.4. The molecule has 0 bridgehead atoms. The van der Waals surface area contributed by atoms with Crippen LogP contribution in [0.15, 0.2) is 68.9 Å². The van der Waals surface area contributed by atoms with Crippen LogP contribution in [0.4, 0.5) is 0 Å². The van der Waals surface area contributed by atoms with E-state index in [-0.39, 0.29) is 0 Å². The van der Waals surface area contributed by atoms with Gasteiger partial charge in [-0.1, -0.05) is 18.2 Å². The molecule has 1 aromatic carbocycles. The van der Waals surface area contributed by atoms with Gasteiger partial charge in [0.15, 0.2) is 9.84 Å². The van der Waals surface area contributed by atoms with Gasteiger partial charge < -0.3 is 0 Å². The average Bonchev–Trinajstić information content (AvgIpc) is 3.14. The first-order valence-electron chi connectivity index (χ1n) is 6.03. The number of benzene rings is 1. The van der Waals surface area contributed by atoms with Crippen LogP contribution in [0, 0.1) is 0 Å². The van der Waals surface area contributed by atoms with E-state index in [1.807, 2.05) is 39.7 Å². The van der Waals surface area contributed by atoms with E-state index in [9.17, 15) is 8.42 Å². The molecule has 2 heterocycles. The van der Waals surface area contributed by atoms with Crippen LogP contribution in [0.25, 0.3) is 0 Å². The van der Waals surface area contributed by atoms with Gasteiger partial charge in [-0.25, -0.2) is 8.42 Å². The van der Waals surface area contributed by atoms with Gasteiger partial charge in [0.25, 0.3) is 0 Å². The van der Waals surface area contributed by atoms with Crippen LogP contribution in [-0.4, -0.2) is 8.42 Å². The van der Waals surface area contributed by atoms with Crippen LogP contribution in [0.5, 0.6) is 0 Å². The molecule has 0 saturated carbocycles. The standard InChI is InChI=1S/C15H12O2S3/c16-20(17,14-4-2-1-3-5-14)15(12-6-8-18-10-12)13-7-9-19-11-13/h1-11,15H. The maximum absolute atomic E-state index is 12.9. The second-order valence-electron chi connectivity index (χ2n) is 4.35. The summed E-state index contributed by atoms with van der Waals surface area (Å²) in [4.78, 5) is 0.363. The summed E-state index contributed by atoms with van der Waals surface area (Å²) in [5, 5.41) is 7.01. The predicted octanol–water partition coefficient (Wildman–Crippen LogP) is 4.37. The molecule has 0 aliphatic heterocycles. The molecule has 0 atom stereocenters. The zero-order valence-corrected chi connectivity index (χ0v) is 12.9. The van der Waals surface area contributed by atoms with Crippen LogP contribution in [0.1, 0.15) is 16.4 Å². The quantitative estimate of drug-likeness (QED) is 0.715. The Kier molecular flexibility index (Phi) is 3.74. The van der Waals surface area contributed by atoms with Gasteiger partial charge in [0.05, 0.1) is 4.90 Å². The number of hydrogen-bond donors (Lipinski definition) is 0. The first-order valence-corrected chi connectivity index (χ1v) is 9.46. The minimum absolute atomic E-state index is 0.363. The van der Waals surface area contributed by atoms with E-state index in [0.717, 1.165) is 11.1 Å². The molecule has 0 amide bonds. The monoisotopic (exact) mass is 320 g/mol. The van der Waals surface area contributed by atoms with E-state index in [0.29, 0.717) is 4.90 Å². The lowest BCUT2D eigenvalue weighted by Crippen LogP contribution is -2.14. The highest BCUT2D eigenvalue weighted by atomic mass is 32.2. The molecule has 102 valence electrons. The van der Waals surface area contributed by atoms with E-state index in [2.05, 4.69) is 0 Å². The summed E-state index contributed by atoms with van der Waals surface area (Å²) >= 11 is 3.03. The molecule has 20 heavy (non-hydrogen) atoms. The topological polar surface area (TPSA) is 34.1 Å². The molecule has 0 aliphatic carbocycles.